The molecule has 0 saturated carbocycles. The molecule has 0 radical (unpaired) electrons. The molecule has 12 aromatic rings. The van der Waals surface area contributed by atoms with E-state index in [0.717, 1.165) is 83.3 Å². The van der Waals surface area contributed by atoms with Gasteiger partial charge in [-0.05, 0) is 114 Å². The van der Waals surface area contributed by atoms with E-state index < -0.39 is 0 Å². The first-order valence-electron chi connectivity index (χ1n) is 19.5. The van der Waals surface area contributed by atoms with Crippen molar-refractivity contribution < 1.29 is 8.83 Å². The number of nitrogens with zero attached hydrogens (tertiary/aromatic N) is 3. The van der Waals surface area contributed by atoms with Crippen LogP contribution in [0.1, 0.15) is 0 Å². The lowest BCUT2D eigenvalue weighted by Crippen LogP contribution is -2.10. The smallest absolute Gasteiger partial charge is 0.227 e. The molecule has 0 spiro atoms. The normalized spacial score (nSPS) is 11.8. The van der Waals surface area contributed by atoms with Crippen LogP contribution in [-0.4, -0.2) is 9.55 Å². The maximum absolute atomic E-state index is 6.41. The summed E-state index contributed by atoms with van der Waals surface area (Å²) in [5.74, 6) is 0.627. The van der Waals surface area contributed by atoms with E-state index in [-0.39, 0.29) is 0 Å². The Balaban J connectivity index is 0.965. The summed E-state index contributed by atoms with van der Waals surface area (Å²) >= 11 is 0. The van der Waals surface area contributed by atoms with Gasteiger partial charge in [0, 0.05) is 55.2 Å². The number of aromatic nitrogens is 2. The summed E-state index contributed by atoms with van der Waals surface area (Å²) in [6.45, 7) is 0. The van der Waals surface area contributed by atoms with Crippen LogP contribution in [0.3, 0.4) is 0 Å². The van der Waals surface area contributed by atoms with Gasteiger partial charge < -0.3 is 18.3 Å². The predicted molar refractivity (Wildman–Crippen MR) is 239 cm³/mol. The van der Waals surface area contributed by atoms with Crippen molar-refractivity contribution in [2.75, 3.05) is 4.90 Å². The van der Waals surface area contributed by atoms with Crippen LogP contribution in [0.15, 0.2) is 209 Å². The van der Waals surface area contributed by atoms with Crippen molar-refractivity contribution in [2.24, 2.45) is 0 Å². The van der Waals surface area contributed by atoms with Crippen LogP contribution >= 0.6 is 0 Å². The molecule has 0 atom stereocenters. The van der Waals surface area contributed by atoms with Gasteiger partial charge in [0.2, 0.25) is 5.89 Å². The molecule has 272 valence electrons. The Morgan fingerprint density at radius 3 is 1.76 bits per heavy atom. The topological polar surface area (TPSA) is 47.3 Å². The Bertz CT molecular complexity index is 3450. The number of hydrogen-bond donors (Lipinski definition) is 0. The third-order valence-corrected chi connectivity index (χ3v) is 11.4. The van der Waals surface area contributed by atoms with E-state index in [2.05, 4.69) is 161 Å². The van der Waals surface area contributed by atoms with Gasteiger partial charge in [0.15, 0.2) is 5.58 Å². The second-order valence-electron chi connectivity index (χ2n) is 14.8. The fraction of sp³-hybridized carbons (Fsp3) is 0. The number of fused-ring (bicyclic) bond motifs is 9. The summed E-state index contributed by atoms with van der Waals surface area (Å²) in [5, 5.41) is 6.84. The number of oxazole rings is 1. The molecule has 0 amide bonds. The van der Waals surface area contributed by atoms with E-state index in [1.807, 2.05) is 48.5 Å². The highest BCUT2D eigenvalue weighted by Gasteiger charge is 2.18. The molecule has 0 aliphatic carbocycles. The predicted octanol–water partition coefficient (Wildman–Crippen LogP) is 14.8. The van der Waals surface area contributed by atoms with E-state index in [1.54, 1.807) is 0 Å². The molecular weight excluding hydrogens is 711 g/mol. The largest absolute Gasteiger partial charge is 0.456 e. The number of rotatable bonds is 6. The first-order valence-corrected chi connectivity index (χ1v) is 19.5. The fourth-order valence-corrected chi connectivity index (χ4v) is 8.64. The minimum Gasteiger partial charge on any atom is -0.456 e. The Hall–Kier alpha value is -7.89. The fourth-order valence-electron chi connectivity index (χ4n) is 8.64. The van der Waals surface area contributed by atoms with Crippen LogP contribution < -0.4 is 4.90 Å². The van der Waals surface area contributed by atoms with Crippen LogP contribution in [0.4, 0.5) is 17.1 Å². The summed E-state index contributed by atoms with van der Waals surface area (Å²) in [6, 6.07) is 70.5. The number of hydrogen-bond acceptors (Lipinski definition) is 4. The third-order valence-electron chi connectivity index (χ3n) is 11.4. The summed E-state index contributed by atoms with van der Waals surface area (Å²) in [6.07, 6.45) is 0. The van der Waals surface area contributed by atoms with Gasteiger partial charge in [0.25, 0.3) is 0 Å². The standard InChI is InChI=1S/C53H33N3O2/c1-2-10-36(11-3-1)53-54-47-30-22-35-18-19-37(32-45(35)52(47)58-53)34-20-23-38(24-21-34)55(41-29-31-51-46(33-41)44-14-6-9-17-50(44)57-51)39-25-27-40(28-26-39)56-48-15-7-4-12-42(48)43-13-5-8-16-49(43)56/h1-33H. The second-order valence-corrected chi connectivity index (χ2v) is 14.8. The summed E-state index contributed by atoms with van der Waals surface area (Å²) in [5.41, 5.74) is 13.2. The van der Waals surface area contributed by atoms with E-state index in [1.165, 1.54) is 21.8 Å². The lowest BCUT2D eigenvalue weighted by molar-refractivity contribution is 0.623. The molecule has 9 aromatic carbocycles. The third kappa shape index (κ3) is 5.14. The van der Waals surface area contributed by atoms with Crippen molar-refractivity contribution in [1.29, 1.82) is 0 Å². The monoisotopic (exact) mass is 743 g/mol. The minimum atomic E-state index is 0.627. The molecule has 3 aromatic heterocycles. The Kier molecular flexibility index (Phi) is 7.16. The van der Waals surface area contributed by atoms with Gasteiger partial charge in [-0.2, -0.15) is 0 Å². The van der Waals surface area contributed by atoms with Crippen LogP contribution in [0, 0.1) is 0 Å². The van der Waals surface area contributed by atoms with E-state index in [0.29, 0.717) is 5.89 Å². The highest BCUT2D eigenvalue weighted by molar-refractivity contribution is 6.10. The molecule has 5 heteroatoms. The molecule has 0 unspecified atom stereocenters. The molecule has 5 nitrogen and oxygen atoms in total. The number of furan rings is 1. The Labute approximate surface area is 333 Å². The van der Waals surface area contributed by atoms with Crippen molar-refractivity contribution >= 4 is 82.7 Å². The zero-order valence-electron chi connectivity index (χ0n) is 31.2. The van der Waals surface area contributed by atoms with Gasteiger partial charge in [-0.25, -0.2) is 4.98 Å². The SMILES string of the molecule is c1ccc(-c2nc3ccc4ccc(-c5ccc(N(c6ccc(-n7c8ccccc8c8ccccc87)cc6)c6ccc7oc8ccccc8c7c6)cc5)cc4c3o2)cc1. The van der Waals surface area contributed by atoms with E-state index >= 15 is 0 Å². The molecule has 0 aliphatic heterocycles. The molecule has 0 N–H and O–H groups in total. The molecule has 58 heavy (non-hydrogen) atoms. The molecule has 0 aliphatic rings. The summed E-state index contributed by atoms with van der Waals surface area (Å²) in [7, 11) is 0. The maximum Gasteiger partial charge on any atom is 0.227 e. The van der Waals surface area contributed by atoms with Crippen molar-refractivity contribution in [3.63, 3.8) is 0 Å². The van der Waals surface area contributed by atoms with E-state index in [4.69, 9.17) is 13.8 Å². The van der Waals surface area contributed by atoms with Crippen LogP contribution in [0.5, 0.6) is 0 Å². The van der Waals surface area contributed by atoms with Crippen LogP contribution in [0.25, 0.3) is 93.9 Å². The molecule has 0 bridgehead atoms. The van der Waals surface area contributed by atoms with Gasteiger partial charge >= 0.3 is 0 Å². The molecular formula is C53H33N3O2. The zero-order chi connectivity index (χ0) is 38.2. The first-order chi connectivity index (χ1) is 28.7. The summed E-state index contributed by atoms with van der Waals surface area (Å²) < 4.78 is 15.0. The van der Waals surface area contributed by atoms with Crippen LogP contribution in [-0.2, 0) is 0 Å². The first kappa shape index (κ1) is 32.4. The van der Waals surface area contributed by atoms with Gasteiger partial charge in [0.1, 0.15) is 16.7 Å². The van der Waals surface area contributed by atoms with E-state index in [9.17, 15) is 0 Å². The lowest BCUT2D eigenvalue weighted by atomic mass is 10.00. The Morgan fingerprint density at radius 2 is 1.00 bits per heavy atom. The quantitative estimate of drug-likeness (QED) is 0.170. The van der Waals surface area contributed by atoms with Gasteiger partial charge in [-0.3, -0.25) is 0 Å². The molecule has 12 rings (SSSR count). The number of para-hydroxylation sites is 3. The molecule has 0 fully saturated rings. The number of benzene rings is 9. The minimum absolute atomic E-state index is 0.627. The van der Waals surface area contributed by atoms with Crippen molar-refractivity contribution in [2.45, 2.75) is 0 Å². The van der Waals surface area contributed by atoms with Gasteiger partial charge in [-0.15, -0.1) is 0 Å². The van der Waals surface area contributed by atoms with Gasteiger partial charge in [-0.1, -0.05) is 103 Å². The average Bonchev–Trinajstić information content (AvgIpc) is 4.00. The van der Waals surface area contributed by atoms with Gasteiger partial charge in [0.05, 0.1) is 11.0 Å². The highest BCUT2D eigenvalue weighted by Crippen LogP contribution is 2.41. The lowest BCUT2D eigenvalue weighted by Gasteiger charge is -2.26. The zero-order valence-corrected chi connectivity index (χ0v) is 31.2. The van der Waals surface area contributed by atoms with Crippen LogP contribution in [0.2, 0.25) is 0 Å². The second kappa shape index (κ2) is 12.8. The van der Waals surface area contributed by atoms with Crippen molar-refractivity contribution in [3.8, 4) is 28.3 Å². The molecule has 3 heterocycles. The Morgan fingerprint density at radius 1 is 0.397 bits per heavy atom. The average molecular weight is 744 g/mol. The number of anilines is 3. The molecule has 0 saturated heterocycles. The van der Waals surface area contributed by atoms with Crippen molar-refractivity contribution in [3.05, 3.63) is 200 Å². The maximum atomic E-state index is 6.41. The summed E-state index contributed by atoms with van der Waals surface area (Å²) in [4.78, 5) is 7.15. The highest BCUT2D eigenvalue weighted by atomic mass is 16.3. The van der Waals surface area contributed by atoms with Crippen molar-refractivity contribution in [1.82, 2.24) is 9.55 Å².